The minimum Gasteiger partial charge on any atom is -0.493 e. The summed E-state index contributed by atoms with van der Waals surface area (Å²) in [7, 11) is 1.49. The van der Waals surface area contributed by atoms with Gasteiger partial charge in [0.25, 0.3) is 0 Å². The number of hydrogen-bond acceptors (Lipinski definition) is 7. The van der Waals surface area contributed by atoms with Crippen LogP contribution in [0.15, 0.2) is 29.5 Å². The molecule has 0 aliphatic carbocycles. The topological polar surface area (TPSA) is 108 Å². The number of pyridine rings is 1. The molecule has 2 aromatic heterocycles. The second kappa shape index (κ2) is 4.58. The van der Waals surface area contributed by atoms with Gasteiger partial charge in [-0.1, -0.05) is 0 Å². The van der Waals surface area contributed by atoms with Crippen LogP contribution in [-0.4, -0.2) is 26.6 Å². The highest BCUT2D eigenvalue weighted by atomic mass is 16.5. The first-order chi connectivity index (χ1) is 8.26. The van der Waals surface area contributed by atoms with E-state index in [0.717, 1.165) is 0 Å². The van der Waals surface area contributed by atoms with Crippen molar-refractivity contribution in [3.05, 3.63) is 35.1 Å². The Morgan fingerprint density at radius 2 is 2.29 bits per heavy atom. The summed E-state index contributed by atoms with van der Waals surface area (Å²) in [5, 5.41) is 0. The SMILES string of the molecule is COc1cccnc1-n1cnc(NN)nc1=O. The number of nitrogens with one attached hydrogen (secondary N) is 1. The molecule has 0 aliphatic rings. The molecule has 2 aromatic rings. The van der Waals surface area contributed by atoms with Gasteiger partial charge in [-0.2, -0.15) is 4.98 Å². The average molecular weight is 234 g/mol. The lowest BCUT2D eigenvalue weighted by Gasteiger charge is -2.08. The summed E-state index contributed by atoms with van der Waals surface area (Å²) in [6, 6.07) is 3.38. The van der Waals surface area contributed by atoms with Crippen LogP contribution in [0.4, 0.5) is 5.95 Å². The first-order valence-corrected chi connectivity index (χ1v) is 4.68. The molecule has 0 saturated carbocycles. The lowest BCUT2D eigenvalue weighted by molar-refractivity contribution is 0.410. The van der Waals surface area contributed by atoms with E-state index in [1.165, 1.54) is 18.0 Å². The molecule has 3 N–H and O–H groups in total. The Balaban J connectivity index is 2.57. The monoisotopic (exact) mass is 234 g/mol. The second-order valence-corrected chi connectivity index (χ2v) is 3.01. The van der Waals surface area contributed by atoms with Crippen LogP contribution in [0.25, 0.3) is 5.82 Å². The molecule has 0 aromatic carbocycles. The quantitative estimate of drug-likeness (QED) is 0.534. The third kappa shape index (κ3) is 2.06. The van der Waals surface area contributed by atoms with E-state index in [-0.39, 0.29) is 5.95 Å². The molecule has 0 amide bonds. The minimum atomic E-state index is -0.551. The lowest BCUT2D eigenvalue weighted by atomic mass is 10.4. The zero-order valence-electron chi connectivity index (χ0n) is 8.99. The maximum absolute atomic E-state index is 11.7. The largest absolute Gasteiger partial charge is 0.493 e. The highest BCUT2D eigenvalue weighted by molar-refractivity contribution is 5.39. The number of methoxy groups -OCH3 is 1. The molecule has 0 bridgehead atoms. The summed E-state index contributed by atoms with van der Waals surface area (Å²) >= 11 is 0. The molecule has 0 atom stereocenters. The Morgan fingerprint density at radius 1 is 1.47 bits per heavy atom. The average Bonchev–Trinajstić information content (AvgIpc) is 2.38. The number of nitrogens with zero attached hydrogens (tertiary/aromatic N) is 4. The maximum atomic E-state index is 11.7. The van der Waals surface area contributed by atoms with Crippen LogP contribution in [0, 0.1) is 0 Å². The fraction of sp³-hybridized carbons (Fsp3) is 0.111. The molecule has 0 aliphatic heterocycles. The van der Waals surface area contributed by atoms with E-state index in [1.54, 1.807) is 18.3 Å². The van der Waals surface area contributed by atoms with Crippen LogP contribution in [0.1, 0.15) is 0 Å². The van der Waals surface area contributed by atoms with Gasteiger partial charge < -0.3 is 4.74 Å². The van der Waals surface area contributed by atoms with Crippen LogP contribution in [0.3, 0.4) is 0 Å². The Bertz CT molecular complexity index is 582. The number of rotatable bonds is 3. The van der Waals surface area contributed by atoms with Gasteiger partial charge in [-0.05, 0) is 12.1 Å². The lowest BCUT2D eigenvalue weighted by Crippen LogP contribution is -2.25. The number of nitrogen functional groups attached to an aromatic ring is 1. The molecular weight excluding hydrogens is 224 g/mol. The molecule has 2 heterocycles. The molecule has 8 nitrogen and oxygen atoms in total. The molecule has 0 radical (unpaired) electrons. The number of hydrazine groups is 1. The molecule has 0 saturated heterocycles. The van der Waals surface area contributed by atoms with Crippen LogP contribution < -0.4 is 21.7 Å². The third-order valence-electron chi connectivity index (χ3n) is 2.03. The van der Waals surface area contributed by atoms with Crippen molar-refractivity contribution in [1.29, 1.82) is 0 Å². The van der Waals surface area contributed by atoms with Crippen molar-refractivity contribution in [3.63, 3.8) is 0 Å². The van der Waals surface area contributed by atoms with Gasteiger partial charge in [0.15, 0.2) is 11.6 Å². The number of ether oxygens (including phenoxy) is 1. The predicted molar refractivity (Wildman–Crippen MR) is 59.8 cm³/mol. The summed E-state index contributed by atoms with van der Waals surface area (Å²) in [5.74, 6) is 5.92. The summed E-state index contributed by atoms with van der Waals surface area (Å²) in [5.41, 5.74) is 1.64. The number of anilines is 1. The van der Waals surface area contributed by atoms with Crippen molar-refractivity contribution in [2.24, 2.45) is 5.84 Å². The Labute approximate surface area is 96.1 Å². The maximum Gasteiger partial charge on any atom is 0.358 e. The van der Waals surface area contributed by atoms with Gasteiger partial charge in [-0.25, -0.2) is 25.2 Å². The summed E-state index contributed by atoms with van der Waals surface area (Å²) in [4.78, 5) is 23.2. The normalized spacial score (nSPS) is 10.0. The summed E-state index contributed by atoms with van der Waals surface area (Å²) < 4.78 is 6.26. The number of hydrogen-bond donors (Lipinski definition) is 2. The molecule has 0 unspecified atom stereocenters. The van der Waals surface area contributed by atoms with E-state index >= 15 is 0 Å². The first-order valence-electron chi connectivity index (χ1n) is 4.68. The van der Waals surface area contributed by atoms with Crippen molar-refractivity contribution >= 4 is 5.95 Å². The van der Waals surface area contributed by atoms with Crippen molar-refractivity contribution < 1.29 is 4.74 Å². The van der Waals surface area contributed by atoms with Crippen LogP contribution in [0.2, 0.25) is 0 Å². The molecule has 88 valence electrons. The van der Waals surface area contributed by atoms with Crippen LogP contribution in [-0.2, 0) is 0 Å². The van der Waals surface area contributed by atoms with Crippen LogP contribution in [0.5, 0.6) is 5.75 Å². The summed E-state index contributed by atoms with van der Waals surface area (Å²) in [6.07, 6.45) is 2.81. The number of aromatic nitrogens is 4. The van der Waals surface area contributed by atoms with E-state index in [4.69, 9.17) is 10.6 Å². The van der Waals surface area contributed by atoms with Crippen molar-refractivity contribution in [1.82, 2.24) is 19.5 Å². The Hall–Kier alpha value is -2.48. The summed E-state index contributed by atoms with van der Waals surface area (Å²) in [6.45, 7) is 0. The van der Waals surface area contributed by atoms with Gasteiger partial charge in [-0.15, -0.1) is 0 Å². The highest BCUT2D eigenvalue weighted by Gasteiger charge is 2.09. The second-order valence-electron chi connectivity index (χ2n) is 3.01. The molecule has 0 spiro atoms. The fourth-order valence-corrected chi connectivity index (χ4v) is 1.27. The van der Waals surface area contributed by atoms with Gasteiger partial charge in [0.2, 0.25) is 5.95 Å². The van der Waals surface area contributed by atoms with E-state index in [0.29, 0.717) is 11.6 Å². The zero-order valence-corrected chi connectivity index (χ0v) is 8.99. The fourth-order valence-electron chi connectivity index (χ4n) is 1.27. The van der Waals surface area contributed by atoms with E-state index in [9.17, 15) is 4.79 Å². The number of nitrogens with two attached hydrogens (primary N) is 1. The smallest absolute Gasteiger partial charge is 0.358 e. The highest BCUT2D eigenvalue weighted by Crippen LogP contribution is 2.16. The van der Waals surface area contributed by atoms with Gasteiger partial charge in [0.05, 0.1) is 7.11 Å². The Kier molecular flexibility index (Phi) is 2.97. The predicted octanol–water partition coefficient (Wildman–Crippen LogP) is -0.683. The Morgan fingerprint density at radius 3 is 2.94 bits per heavy atom. The molecular formula is C9H10N6O2. The van der Waals surface area contributed by atoms with Crippen LogP contribution >= 0.6 is 0 Å². The third-order valence-corrected chi connectivity index (χ3v) is 2.03. The van der Waals surface area contributed by atoms with Crippen molar-refractivity contribution in [2.75, 3.05) is 12.5 Å². The van der Waals surface area contributed by atoms with Gasteiger partial charge in [0, 0.05) is 6.20 Å². The van der Waals surface area contributed by atoms with Crippen molar-refractivity contribution in [2.45, 2.75) is 0 Å². The molecule has 8 heteroatoms. The standard InChI is InChI=1S/C9H10N6O2/c1-17-6-3-2-4-11-7(6)15-5-12-8(14-10)13-9(15)16/h2-5H,10H2,1H3,(H,13,14,16). The molecule has 2 rings (SSSR count). The van der Waals surface area contributed by atoms with Crippen molar-refractivity contribution in [3.8, 4) is 11.6 Å². The molecule has 17 heavy (non-hydrogen) atoms. The van der Waals surface area contributed by atoms with Gasteiger partial charge in [0.1, 0.15) is 6.33 Å². The van der Waals surface area contributed by atoms with E-state index in [1.807, 2.05) is 0 Å². The minimum absolute atomic E-state index is 0.0427. The van der Waals surface area contributed by atoms with Gasteiger partial charge in [-0.3, -0.25) is 5.43 Å². The van der Waals surface area contributed by atoms with E-state index < -0.39 is 5.69 Å². The zero-order chi connectivity index (χ0) is 12.3. The molecule has 0 fully saturated rings. The van der Waals surface area contributed by atoms with Gasteiger partial charge >= 0.3 is 5.69 Å². The first kappa shape index (κ1) is 11.0. The van der Waals surface area contributed by atoms with E-state index in [2.05, 4.69) is 20.4 Å².